The molecule has 7 heteroatoms. The number of phenols is 1. The van der Waals surface area contributed by atoms with Crippen molar-refractivity contribution in [3.63, 3.8) is 0 Å². The van der Waals surface area contributed by atoms with E-state index in [4.69, 9.17) is 14.5 Å². The number of morpholine rings is 1. The van der Waals surface area contributed by atoms with Crippen molar-refractivity contribution in [1.82, 2.24) is 15.5 Å². The molecule has 1 saturated heterocycles. The summed E-state index contributed by atoms with van der Waals surface area (Å²) >= 11 is 0. The zero-order valence-corrected chi connectivity index (χ0v) is 18.6. The molecular weight excluding hydrogens is 380 g/mol. The lowest BCUT2D eigenvalue weighted by molar-refractivity contribution is 0.00820. The minimum absolute atomic E-state index is 0.163. The van der Waals surface area contributed by atoms with Gasteiger partial charge in [0.25, 0.3) is 0 Å². The number of guanidine groups is 1. The molecule has 1 aromatic rings. The van der Waals surface area contributed by atoms with Gasteiger partial charge in [-0.2, -0.15) is 0 Å². The molecule has 3 rings (SSSR count). The van der Waals surface area contributed by atoms with Gasteiger partial charge >= 0.3 is 0 Å². The summed E-state index contributed by atoms with van der Waals surface area (Å²) in [5.74, 6) is 1.44. The van der Waals surface area contributed by atoms with E-state index < -0.39 is 0 Å². The predicted molar refractivity (Wildman–Crippen MR) is 120 cm³/mol. The summed E-state index contributed by atoms with van der Waals surface area (Å²) in [5, 5.41) is 17.3. The third-order valence-electron chi connectivity index (χ3n) is 6.26. The molecule has 0 spiro atoms. The number of para-hydroxylation sites is 1. The highest BCUT2D eigenvalue weighted by molar-refractivity contribution is 5.79. The Morgan fingerprint density at radius 2 is 1.97 bits per heavy atom. The van der Waals surface area contributed by atoms with Crippen LogP contribution in [0.2, 0.25) is 0 Å². The van der Waals surface area contributed by atoms with E-state index in [1.54, 1.807) is 13.2 Å². The average Bonchev–Trinajstić information content (AvgIpc) is 2.78. The Balaban J connectivity index is 1.65. The molecule has 3 N–H and O–H groups in total. The summed E-state index contributed by atoms with van der Waals surface area (Å²) in [7, 11) is 1.56. The van der Waals surface area contributed by atoms with E-state index in [9.17, 15) is 5.11 Å². The van der Waals surface area contributed by atoms with Gasteiger partial charge in [-0.05, 0) is 25.8 Å². The zero-order valence-electron chi connectivity index (χ0n) is 18.6. The van der Waals surface area contributed by atoms with Crippen molar-refractivity contribution in [3.8, 4) is 11.5 Å². The third-order valence-corrected chi connectivity index (χ3v) is 6.26. The van der Waals surface area contributed by atoms with Gasteiger partial charge in [0.2, 0.25) is 0 Å². The number of aliphatic imine (C=N–C) groups is 1. The Bertz CT molecular complexity index is 683. The molecule has 0 bridgehead atoms. The molecule has 0 unspecified atom stereocenters. The Morgan fingerprint density at radius 1 is 1.20 bits per heavy atom. The summed E-state index contributed by atoms with van der Waals surface area (Å²) in [6.45, 7) is 9.07. The van der Waals surface area contributed by atoms with Crippen molar-refractivity contribution in [2.75, 3.05) is 53.0 Å². The summed E-state index contributed by atoms with van der Waals surface area (Å²) < 4.78 is 10.7. The van der Waals surface area contributed by atoms with Crippen molar-refractivity contribution in [1.29, 1.82) is 0 Å². The van der Waals surface area contributed by atoms with Crippen LogP contribution in [-0.2, 0) is 11.3 Å². The number of phenolic OH excluding ortho intramolecular Hbond substituents is 1. The number of rotatable bonds is 8. The smallest absolute Gasteiger partial charge is 0.191 e. The first-order chi connectivity index (χ1) is 14.7. The van der Waals surface area contributed by atoms with Gasteiger partial charge in [0, 0.05) is 43.7 Å². The van der Waals surface area contributed by atoms with Gasteiger partial charge in [0.15, 0.2) is 17.5 Å². The van der Waals surface area contributed by atoms with E-state index >= 15 is 0 Å². The fourth-order valence-electron chi connectivity index (χ4n) is 4.56. The molecule has 7 nitrogen and oxygen atoms in total. The highest BCUT2D eigenvalue weighted by atomic mass is 16.5. The molecule has 30 heavy (non-hydrogen) atoms. The minimum atomic E-state index is 0.163. The second kappa shape index (κ2) is 11.4. The molecule has 2 aliphatic rings. The number of hydrogen-bond donors (Lipinski definition) is 3. The van der Waals surface area contributed by atoms with Crippen LogP contribution < -0.4 is 15.4 Å². The maximum absolute atomic E-state index is 10.3. The summed E-state index contributed by atoms with van der Waals surface area (Å²) in [6, 6.07) is 5.51. The van der Waals surface area contributed by atoms with Crippen molar-refractivity contribution in [2.45, 2.75) is 45.6 Å². The van der Waals surface area contributed by atoms with Crippen molar-refractivity contribution in [3.05, 3.63) is 23.8 Å². The van der Waals surface area contributed by atoms with Crippen LogP contribution in [-0.4, -0.2) is 69.0 Å². The zero-order chi connectivity index (χ0) is 21.2. The van der Waals surface area contributed by atoms with Gasteiger partial charge in [-0.3, -0.25) is 4.90 Å². The molecule has 1 saturated carbocycles. The van der Waals surface area contributed by atoms with Gasteiger partial charge in [0.05, 0.1) is 26.9 Å². The van der Waals surface area contributed by atoms with Crippen LogP contribution in [0, 0.1) is 5.41 Å². The quantitative estimate of drug-likeness (QED) is 0.445. The van der Waals surface area contributed by atoms with E-state index in [1.807, 2.05) is 12.1 Å². The van der Waals surface area contributed by atoms with Gasteiger partial charge in [0.1, 0.15) is 0 Å². The van der Waals surface area contributed by atoms with E-state index in [0.29, 0.717) is 12.3 Å². The Kier molecular flexibility index (Phi) is 8.63. The van der Waals surface area contributed by atoms with Crippen molar-refractivity contribution >= 4 is 5.96 Å². The van der Waals surface area contributed by atoms with Crippen LogP contribution in [0.5, 0.6) is 11.5 Å². The molecule has 1 aliphatic heterocycles. The van der Waals surface area contributed by atoms with Gasteiger partial charge in [-0.1, -0.05) is 31.4 Å². The lowest BCUT2D eigenvalue weighted by Gasteiger charge is -2.42. The van der Waals surface area contributed by atoms with Crippen LogP contribution in [0.15, 0.2) is 23.2 Å². The average molecular weight is 419 g/mol. The molecule has 0 radical (unpaired) electrons. The second-order valence-electron chi connectivity index (χ2n) is 8.47. The van der Waals surface area contributed by atoms with Crippen LogP contribution in [0.3, 0.4) is 0 Å². The number of methoxy groups -OCH3 is 1. The third kappa shape index (κ3) is 6.25. The first-order valence-electron chi connectivity index (χ1n) is 11.3. The normalized spacial score (nSPS) is 20.0. The topological polar surface area (TPSA) is 78.4 Å². The lowest BCUT2D eigenvalue weighted by Crippen LogP contribution is -2.51. The van der Waals surface area contributed by atoms with E-state index in [2.05, 4.69) is 22.5 Å². The summed E-state index contributed by atoms with van der Waals surface area (Å²) in [6.07, 6.45) is 6.46. The number of ether oxygens (including phenoxy) is 2. The van der Waals surface area contributed by atoms with Gasteiger partial charge in [-0.15, -0.1) is 0 Å². The van der Waals surface area contributed by atoms with Crippen LogP contribution in [0.25, 0.3) is 0 Å². The molecule has 1 aliphatic carbocycles. The molecule has 1 aromatic carbocycles. The van der Waals surface area contributed by atoms with Crippen LogP contribution in [0.1, 0.15) is 44.6 Å². The first-order valence-corrected chi connectivity index (χ1v) is 11.3. The van der Waals surface area contributed by atoms with Gasteiger partial charge in [-0.25, -0.2) is 4.99 Å². The van der Waals surface area contributed by atoms with E-state index in [-0.39, 0.29) is 11.2 Å². The Hall–Kier alpha value is -1.99. The molecule has 1 heterocycles. The Labute approximate surface area is 180 Å². The number of benzene rings is 1. The van der Waals surface area contributed by atoms with E-state index in [0.717, 1.165) is 57.5 Å². The molecule has 0 aromatic heterocycles. The Morgan fingerprint density at radius 3 is 2.67 bits per heavy atom. The summed E-state index contributed by atoms with van der Waals surface area (Å²) in [4.78, 5) is 7.29. The van der Waals surface area contributed by atoms with Crippen LogP contribution >= 0.6 is 0 Å². The fraction of sp³-hybridized carbons (Fsp3) is 0.696. The van der Waals surface area contributed by atoms with Gasteiger partial charge < -0.3 is 25.2 Å². The number of nitrogens with zero attached hydrogens (tertiary/aromatic N) is 2. The van der Waals surface area contributed by atoms with E-state index in [1.165, 1.54) is 32.1 Å². The monoisotopic (exact) mass is 418 g/mol. The maximum Gasteiger partial charge on any atom is 0.191 e. The number of nitrogens with one attached hydrogen (secondary N) is 2. The molecule has 0 atom stereocenters. The molecule has 2 fully saturated rings. The molecule has 168 valence electrons. The highest BCUT2D eigenvalue weighted by Crippen LogP contribution is 2.37. The fourth-order valence-corrected chi connectivity index (χ4v) is 4.56. The minimum Gasteiger partial charge on any atom is -0.504 e. The maximum atomic E-state index is 10.3. The number of aromatic hydroxyl groups is 1. The lowest BCUT2D eigenvalue weighted by atomic mass is 9.73. The SMILES string of the molecule is CCNC(=NCc1cccc(OC)c1O)NCC1(CN2CCOCC2)CCCCC1. The molecular formula is C23H38N4O3. The first kappa shape index (κ1) is 22.7. The van der Waals surface area contributed by atoms with Crippen molar-refractivity contribution in [2.24, 2.45) is 10.4 Å². The summed E-state index contributed by atoms with van der Waals surface area (Å²) in [5.41, 5.74) is 1.04. The predicted octanol–water partition coefficient (Wildman–Crippen LogP) is 2.74. The number of hydrogen-bond acceptors (Lipinski definition) is 5. The van der Waals surface area contributed by atoms with Crippen molar-refractivity contribution < 1.29 is 14.6 Å². The standard InChI is InChI=1S/C23H38N4O3/c1-3-24-22(25-16-19-8-7-9-20(29-2)21(19)28)26-17-23(10-5-4-6-11-23)18-27-12-14-30-15-13-27/h7-9,28H,3-6,10-18H2,1-2H3,(H2,24,25,26). The second-order valence-corrected chi connectivity index (χ2v) is 8.47. The highest BCUT2D eigenvalue weighted by Gasteiger charge is 2.34. The van der Waals surface area contributed by atoms with Crippen LogP contribution in [0.4, 0.5) is 0 Å². The largest absolute Gasteiger partial charge is 0.504 e. The molecule has 0 amide bonds.